The van der Waals surface area contributed by atoms with Crippen LogP contribution in [0.25, 0.3) is 0 Å². The van der Waals surface area contributed by atoms with Crippen LogP contribution < -0.4 is 0 Å². The van der Waals surface area contributed by atoms with Crippen LogP contribution in [0.1, 0.15) is 42.2 Å². The number of esters is 3. The van der Waals surface area contributed by atoms with E-state index in [2.05, 4.69) is 0 Å². The van der Waals surface area contributed by atoms with E-state index in [1.54, 1.807) is 91.0 Å². The number of hydrogen-bond donors (Lipinski definition) is 1. The average Bonchev–Trinajstić information content (AvgIpc) is 3.17. The first-order valence-corrected chi connectivity index (χ1v) is 16.2. The molecule has 50 heavy (non-hydrogen) atoms. The van der Waals surface area contributed by atoms with Crippen molar-refractivity contribution in [3.05, 3.63) is 179 Å². The molecule has 0 spiro atoms. The van der Waals surface area contributed by atoms with Crippen molar-refractivity contribution in [2.45, 2.75) is 49.8 Å². The van der Waals surface area contributed by atoms with Gasteiger partial charge in [0.1, 0.15) is 18.3 Å². The molecule has 0 heterocycles. The zero-order valence-corrected chi connectivity index (χ0v) is 27.0. The number of carbonyl (C=O) groups excluding carboxylic acids is 3. The molecule has 1 fully saturated rings. The van der Waals surface area contributed by atoms with Crippen LogP contribution >= 0.6 is 0 Å². The van der Waals surface area contributed by atoms with Gasteiger partial charge in [0.25, 0.3) is 0 Å². The number of aliphatic hydroxyl groups excluding tert-OH is 1. The Morgan fingerprint density at radius 2 is 0.700 bits per heavy atom. The largest absolute Gasteiger partial charge is 0.453 e. The third-order valence-electron chi connectivity index (χ3n) is 8.30. The zero-order chi connectivity index (χ0) is 34.7. The first kappa shape index (κ1) is 34.3. The van der Waals surface area contributed by atoms with E-state index >= 15 is 0 Å². The SMILES string of the molecule is O=C(OC1C(O)C(OCc2ccccc2)C(OC(=O)c2ccccc2)C(OC(=O)c2ccccc2)C1OCc1ccccc1)c1ccccc1. The number of aliphatic hydroxyl groups is 1. The van der Waals surface area contributed by atoms with Crippen molar-refractivity contribution < 1.29 is 43.2 Å². The van der Waals surface area contributed by atoms with Crippen molar-refractivity contribution >= 4 is 17.9 Å². The van der Waals surface area contributed by atoms with Crippen LogP contribution in [0, 0.1) is 0 Å². The molecule has 5 aromatic carbocycles. The van der Waals surface area contributed by atoms with Crippen LogP contribution in [0.15, 0.2) is 152 Å². The average molecular weight is 673 g/mol. The molecule has 9 heteroatoms. The molecule has 1 aliphatic carbocycles. The van der Waals surface area contributed by atoms with Crippen molar-refractivity contribution in [2.24, 2.45) is 0 Å². The third-order valence-corrected chi connectivity index (χ3v) is 8.30. The summed E-state index contributed by atoms with van der Waals surface area (Å²) in [6.07, 6.45) is -8.46. The van der Waals surface area contributed by atoms with Crippen LogP contribution in [0.4, 0.5) is 0 Å². The monoisotopic (exact) mass is 672 g/mol. The summed E-state index contributed by atoms with van der Waals surface area (Å²) in [5, 5.41) is 12.1. The van der Waals surface area contributed by atoms with Crippen LogP contribution in [-0.4, -0.2) is 59.6 Å². The maximum Gasteiger partial charge on any atom is 0.338 e. The molecule has 0 amide bonds. The van der Waals surface area contributed by atoms with E-state index in [9.17, 15) is 19.5 Å². The number of carbonyl (C=O) groups is 3. The molecule has 0 radical (unpaired) electrons. The van der Waals surface area contributed by atoms with Gasteiger partial charge in [-0.1, -0.05) is 115 Å². The molecule has 6 rings (SSSR count). The Bertz CT molecular complexity index is 1820. The Balaban J connectivity index is 1.42. The first-order valence-electron chi connectivity index (χ1n) is 16.2. The summed E-state index contributed by atoms with van der Waals surface area (Å²) < 4.78 is 31.0. The van der Waals surface area contributed by atoms with Crippen molar-refractivity contribution in [2.75, 3.05) is 0 Å². The molecule has 0 aromatic heterocycles. The minimum atomic E-state index is -1.59. The molecule has 9 nitrogen and oxygen atoms in total. The molecule has 1 aliphatic rings. The van der Waals surface area contributed by atoms with Crippen LogP contribution in [0.5, 0.6) is 0 Å². The Hall–Kier alpha value is -5.61. The van der Waals surface area contributed by atoms with Gasteiger partial charge in [-0.25, -0.2) is 14.4 Å². The molecule has 1 saturated carbocycles. The van der Waals surface area contributed by atoms with E-state index in [-0.39, 0.29) is 29.9 Å². The summed E-state index contributed by atoms with van der Waals surface area (Å²) in [5.41, 5.74) is 2.23. The maximum atomic E-state index is 13.7. The van der Waals surface area contributed by atoms with Crippen molar-refractivity contribution in [1.82, 2.24) is 0 Å². The molecule has 6 unspecified atom stereocenters. The minimum absolute atomic E-state index is 0.00377. The predicted molar refractivity (Wildman–Crippen MR) is 183 cm³/mol. The molecule has 1 N–H and O–H groups in total. The van der Waals surface area contributed by atoms with Gasteiger partial charge in [0, 0.05) is 0 Å². The molecule has 254 valence electrons. The van der Waals surface area contributed by atoms with Gasteiger partial charge in [0.15, 0.2) is 18.3 Å². The third kappa shape index (κ3) is 8.51. The Labute approximate surface area is 290 Å². The summed E-state index contributed by atoms with van der Waals surface area (Å²) in [6, 6.07) is 43.3. The lowest BCUT2D eigenvalue weighted by Gasteiger charge is -2.47. The number of rotatable bonds is 12. The summed E-state index contributed by atoms with van der Waals surface area (Å²) in [5.74, 6) is -2.22. The first-order chi connectivity index (χ1) is 24.5. The van der Waals surface area contributed by atoms with Gasteiger partial charge in [-0.05, 0) is 47.5 Å². The molecule has 0 aliphatic heterocycles. The second kappa shape index (κ2) is 16.7. The van der Waals surface area contributed by atoms with E-state index in [0.717, 1.165) is 11.1 Å². The zero-order valence-electron chi connectivity index (χ0n) is 27.0. The van der Waals surface area contributed by atoms with E-state index in [0.29, 0.717) is 0 Å². The van der Waals surface area contributed by atoms with Crippen LogP contribution in [-0.2, 0) is 36.9 Å². The smallest absolute Gasteiger partial charge is 0.338 e. The van der Waals surface area contributed by atoms with E-state index in [4.69, 9.17) is 23.7 Å². The molecule has 0 bridgehead atoms. The predicted octanol–water partition coefficient (Wildman–Crippen LogP) is 6.21. The molecule has 0 saturated heterocycles. The fraction of sp³-hybridized carbons (Fsp3) is 0.195. The lowest BCUT2D eigenvalue weighted by molar-refractivity contribution is -0.249. The van der Waals surface area contributed by atoms with Crippen molar-refractivity contribution in [3.8, 4) is 0 Å². The Morgan fingerprint density at radius 1 is 0.400 bits per heavy atom. The van der Waals surface area contributed by atoms with E-state index in [1.807, 2.05) is 60.7 Å². The highest BCUT2D eigenvalue weighted by Gasteiger charge is 2.57. The fourth-order valence-electron chi connectivity index (χ4n) is 5.76. The second-order valence-corrected chi connectivity index (χ2v) is 11.7. The van der Waals surface area contributed by atoms with Gasteiger partial charge in [0.2, 0.25) is 0 Å². The normalized spacial score (nSPS) is 21.5. The lowest BCUT2D eigenvalue weighted by atomic mass is 9.83. The quantitative estimate of drug-likeness (QED) is 0.122. The Morgan fingerprint density at radius 3 is 1.08 bits per heavy atom. The minimum Gasteiger partial charge on any atom is -0.453 e. The van der Waals surface area contributed by atoms with Gasteiger partial charge < -0.3 is 28.8 Å². The van der Waals surface area contributed by atoms with Gasteiger partial charge >= 0.3 is 17.9 Å². The van der Waals surface area contributed by atoms with Gasteiger partial charge in [-0.3, -0.25) is 0 Å². The number of ether oxygens (including phenoxy) is 5. The van der Waals surface area contributed by atoms with Gasteiger partial charge in [0.05, 0.1) is 29.9 Å². The second-order valence-electron chi connectivity index (χ2n) is 11.7. The molecule has 6 atom stereocenters. The maximum absolute atomic E-state index is 13.7. The van der Waals surface area contributed by atoms with E-state index in [1.165, 1.54) is 0 Å². The summed E-state index contributed by atoms with van der Waals surface area (Å²) >= 11 is 0. The Kier molecular flexibility index (Phi) is 11.4. The number of benzene rings is 5. The van der Waals surface area contributed by atoms with Crippen LogP contribution in [0.3, 0.4) is 0 Å². The summed E-state index contributed by atoms with van der Waals surface area (Å²) in [6.45, 7) is -0.0118. The highest BCUT2D eigenvalue weighted by Crippen LogP contribution is 2.35. The summed E-state index contributed by atoms with van der Waals surface area (Å²) in [4.78, 5) is 40.9. The van der Waals surface area contributed by atoms with E-state index < -0.39 is 54.5 Å². The van der Waals surface area contributed by atoms with Gasteiger partial charge in [-0.15, -0.1) is 0 Å². The lowest BCUT2D eigenvalue weighted by Crippen LogP contribution is -2.67. The molecular weight excluding hydrogens is 636 g/mol. The van der Waals surface area contributed by atoms with Crippen molar-refractivity contribution in [1.29, 1.82) is 0 Å². The topological polar surface area (TPSA) is 118 Å². The highest BCUT2D eigenvalue weighted by molar-refractivity contribution is 5.91. The fourth-order valence-corrected chi connectivity index (χ4v) is 5.76. The standard InChI is InChI=1S/C41H36O9/c42-33-34(46-26-28-16-6-1-7-17-28)37(49-40(44)31-22-12-4-13-23-31)38(50-41(45)32-24-14-5-15-25-32)36(47-27-29-18-8-2-9-19-29)35(33)48-39(43)30-20-10-3-11-21-30/h1-25,33-38,42H,26-27H2. The highest BCUT2D eigenvalue weighted by atomic mass is 16.6. The summed E-state index contributed by atoms with van der Waals surface area (Å²) in [7, 11) is 0. The number of hydrogen-bond acceptors (Lipinski definition) is 9. The molecular formula is C41H36O9. The molecule has 5 aromatic rings. The van der Waals surface area contributed by atoms with Gasteiger partial charge in [-0.2, -0.15) is 0 Å². The van der Waals surface area contributed by atoms with Crippen molar-refractivity contribution in [3.63, 3.8) is 0 Å². The van der Waals surface area contributed by atoms with Crippen LogP contribution in [0.2, 0.25) is 0 Å².